The van der Waals surface area contributed by atoms with Crippen LogP contribution in [0.5, 0.6) is 0 Å². The van der Waals surface area contributed by atoms with Gasteiger partial charge in [-0.25, -0.2) is 0 Å². The monoisotopic (exact) mass is 479 g/mol. The van der Waals surface area contributed by atoms with Gasteiger partial charge in [0.25, 0.3) is 5.91 Å². The highest BCUT2D eigenvalue weighted by Crippen LogP contribution is 2.32. The minimum Gasteiger partial charge on any atom is -0.371 e. The van der Waals surface area contributed by atoms with Gasteiger partial charge >= 0.3 is 0 Å². The van der Waals surface area contributed by atoms with Gasteiger partial charge in [0.2, 0.25) is 11.8 Å². The Morgan fingerprint density at radius 1 is 1.03 bits per heavy atom. The maximum absolute atomic E-state index is 13.0. The molecule has 1 fully saturated rings. The topological polar surface area (TPSA) is 69.7 Å². The molecule has 1 saturated heterocycles. The van der Waals surface area contributed by atoms with E-state index in [9.17, 15) is 14.4 Å². The number of aryl methyl sites for hydroxylation is 2. The molecule has 0 spiro atoms. The summed E-state index contributed by atoms with van der Waals surface area (Å²) in [4.78, 5) is 40.9. The van der Waals surface area contributed by atoms with E-state index in [2.05, 4.69) is 28.4 Å². The standard InChI is InChI=1S/C27H30ClN3O3/c28-20-10-11-23-19(16-20)8-5-15-30(23)14-3-1-2-6-18-7-4-9-21-22(18)17-31(27(21)34)24-12-13-25(32)29-26(24)33/h4,7,9-11,16,24H,1-3,5-6,8,12-15,17H2,(H,29,32,33). The van der Waals surface area contributed by atoms with Crippen molar-refractivity contribution in [1.29, 1.82) is 0 Å². The van der Waals surface area contributed by atoms with Crippen molar-refractivity contribution in [3.8, 4) is 0 Å². The van der Waals surface area contributed by atoms with Gasteiger partial charge in [-0.2, -0.15) is 0 Å². The summed E-state index contributed by atoms with van der Waals surface area (Å²) in [6.45, 7) is 2.59. The lowest BCUT2D eigenvalue weighted by Crippen LogP contribution is -2.52. The summed E-state index contributed by atoms with van der Waals surface area (Å²) in [5.74, 6) is -0.723. The molecular formula is C27H30ClN3O3. The summed E-state index contributed by atoms with van der Waals surface area (Å²) in [5, 5.41) is 3.18. The molecule has 3 amide bonds. The second-order valence-electron chi connectivity index (χ2n) is 9.52. The molecule has 5 rings (SSSR count). The number of nitrogens with zero attached hydrogens (tertiary/aromatic N) is 2. The molecular weight excluding hydrogens is 450 g/mol. The maximum Gasteiger partial charge on any atom is 0.255 e. The number of rotatable bonds is 7. The van der Waals surface area contributed by atoms with Gasteiger partial charge in [-0.15, -0.1) is 0 Å². The van der Waals surface area contributed by atoms with Crippen molar-refractivity contribution < 1.29 is 14.4 Å². The van der Waals surface area contributed by atoms with Crippen LogP contribution in [0.25, 0.3) is 0 Å². The Labute approximate surface area is 205 Å². The van der Waals surface area contributed by atoms with Crippen molar-refractivity contribution in [2.45, 2.75) is 64.0 Å². The molecule has 2 aromatic carbocycles. The number of unbranched alkanes of at least 4 members (excludes halogenated alkanes) is 2. The third-order valence-corrected chi connectivity index (χ3v) is 7.54. The van der Waals surface area contributed by atoms with Crippen LogP contribution < -0.4 is 10.2 Å². The zero-order valence-electron chi connectivity index (χ0n) is 19.3. The van der Waals surface area contributed by atoms with Gasteiger partial charge in [-0.1, -0.05) is 30.2 Å². The largest absolute Gasteiger partial charge is 0.371 e. The molecule has 6 nitrogen and oxygen atoms in total. The van der Waals surface area contributed by atoms with Crippen molar-refractivity contribution in [1.82, 2.24) is 10.2 Å². The van der Waals surface area contributed by atoms with Crippen molar-refractivity contribution in [2.75, 3.05) is 18.0 Å². The molecule has 34 heavy (non-hydrogen) atoms. The maximum atomic E-state index is 13.0. The smallest absolute Gasteiger partial charge is 0.255 e. The first-order chi connectivity index (χ1) is 16.5. The molecule has 7 heteroatoms. The first kappa shape index (κ1) is 22.9. The molecule has 1 atom stereocenters. The summed E-state index contributed by atoms with van der Waals surface area (Å²) in [6, 6.07) is 11.6. The SMILES string of the molecule is O=C1CCC(N2Cc3c(CCCCCN4CCCc5cc(Cl)ccc54)cccc3C2=O)C(=O)N1. The van der Waals surface area contributed by atoms with E-state index in [0.29, 0.717) is 18.5 Å². The summed E-state index contributed by atoms with van der Waals surface area (Å²) < 4.78 is 0. The Morgan fingerprint density at radius 2 is 1.91 bits per heavy atom. The normalized spacial score (nSPS) is 19.8. The molecule has 0 aliphatic carbocycles. The van der Waals surface area contributed by atoms with Crippen molar-refractivity contribution in [2.24, 2.45) is 0 Å². The van der Waals surface area contributed by atoms with Crippen LogP contribution in [0.2, 0.25) is 5.02 Å². The van der Waals surface area contributed by atoms with E-state index in [0.717, 1.165) is 55.8 Å². The molecule has 0 saturated carbocycles. The molecule has 2 aromatic rings. The zero-order chi connectivity index (χ0) is 23.7. The molecule has 0 bridgehead atoms. The molecule has 0 aromatic heterocycles. The number of imide groups is 1. The highest BCUT2D eigenvalue weighted by molar-refractivity contribution is 6.30. The third-order valence-electron chi connectivity index (χ3n) is 7.31. The highest BCUT2D eigenvalue weighted by atomic mass is 35.5. The van der Waals surface area contributed by atoms with Crippen LogP contribution in [0.1, 0.15) is 65.6 Å². The molecule has 3 aliphatic heterocycles. The third kappa shape index (κ3) is 4.56. The molecule has 3 heterocycles. The quantitative estimate of drug-likeness (QED) is 0.475. The lowest BCUT2D eigenvalue weighted by Gasteiger charge is -2.31. The van der Waals surface area contributed by atoms with Gasteiger partial charge in [-0.3, -0.25) is 19.7 Å². The molecule has 178 valence electrons. The van der Waals surface area contributed by atoms with Gasteiger partial charge in [0.15, 0.2) is 0 Å². The van der Waals surface area contributed by atoms with Crippen LogP contribution in [-0.2, 0) is 29.0 Å². The lowest BCUT2D eigenvalue weighted by molar-refractivity contribution is -0.136. The van der Waals surface area contributed by atoms with Gasteiger partial charge in [0, 0.05) is 42.3 Å². The molecule has 3 aliphatic rings. The van der Waals surface area contributed by atoms with Gasteiger partial charge in [-0.05, 0) is 79.5 Å². The van der Waals surface area contributed by atoms with Crippen LogP contribution >= 0.6 is 11.6 Å². The summed E-state index contributed by atoms with van der Waals surface area (Å²) >= 11 is 6.17. The predicted molar refractivity (Wildman–Crippen MR) is 132 cm³/mol. The number of hydrogen-bond acceptors (Lipinski definition) is 4. The van der Waals surface area contributed by atoms with Gasteiger partial charge in [0.05, 0.1) is 0 Å². The van der Waals surface area contributed by atoms with E-state index in [4.69, 9.17) is 11.6 Å². The second-order valence-corrected chi connectivity index (χ2v) is 9.95. The fraction of sp³-hybridized carbons (Fsp3) is 0.444. The molecule has 1 unspecified atom stereocenters. The second kappa shape index (κ2) is 9.79. The van der Waals surface area contributed by atoms with Gasteiger partial charge in [0.1, 0.15) is 6.04 Å². The number of amides is 3. The molecule has 1 N–H and O–H groups in total. The first-order valence-corrected chi connectivity index (χ1v) is 12.7. The summed E-state index contributed by atoms with van der Waals surface area (Å²) in [6.07, 6.45) is 7.16. The number of benzene rings is 2. The average molecular weight is 480 g/mol. The fourth-order valence-electron chi connectivity index (χ4n) is 5.55. The minimum atomic E-state index is -0.562. The van der Waals surface area contributed by atoms with E-state index in [-0.39, 0.29) is 24.1 Å². The van der Waals surface area contributed by atoms with Crippen LogP contribution in [0.4, 0.5) is 5.69 Å². The fourth-order valence-corrected chi connectivity index (χ4v) is 5.75. The van der Waals surface area contributed by atoms with E-state index < -0.39 is 6.04 Å². The van der Waals surface area contributed by atoms with Gasteiger partial charge < -0.3 is 9.80 Å². The zero-order valence-corrected chi connectivity index (χ0v) is 20.1. The Hall–Kier alpha value is -2.86. The number of carbonyl (C=O) groups is 3. The van der Waals surface area contributed by atoms with E-state index in [1.165, 1.54) is 23.2 Å². The number of carbonyl (C=O) groups excluding carboxylic acids is 3. The van der Waals surface area contributed by atoms with Crippen LogP contribution in [-0.4, -0.2) is 41.8 Å². The Kier molecular flexibility index (Phi) is 6.59. The Balaban J connectivity index is 1.16. The van der Waals surface area contributed by atoms with E-state index in [1.54, 1.807) is 4.90 Å². The minimum absolute atomic E-state index is 0.102. The lowest BCUT2D eigenvalue weighted by atomic mass is 9.98. The average Bonchev–Trinajstić information content (AvgIpc) is 3.15. The Bertz CT molecular complexity index is 1130. The van der Waals surface area contributed by atoms with Crippen molar-refractivity contribution >= 4 is 35.0 Å². The number of anilines is 1. The van der Waals surface area contributed by atoms with Crippen LogP contribution in [0.3, 0.4) is 0 Å². The number of nitrogens with one attached hydrogen (secondary N) is 1. The summed E-state index contributed by atoms with van der Waals surface area (Å²) in [5.41, 5.74) is 5.61. The van der Waals surface area contributed by atoms with Crippen molar-refractivity contribution in [3.05, 3.63) is 63.7 Å². The number of hydrogen-bond donors (Lipinski definition) is 1. The van der Waals surface area contributed by atoms with Crippen LogP contribution in [0.15, 0.2) is 36.4 Å². The number of fused-ring (bicyclic) bond motifs is 2. The molecule has 0 radical (unpaired) electrons. The van der Waals surface area contributed by atoms with E-state index in [1.807, 2.05) is 18.2 Å². The van der Waals surface area contributed by atoms with Crippen LogP contribution in [0, 0.1) is 0 Å². The van der Waals surface area contributed by atoms with E-state index >= 15 is 0 Å². The Morgan fingerprint density at radius 3 is 2.76 bits per heavy atom. The number of piperidine rings is 1. The number of halogens is 1. The highest BCUT2D eigenvalue weighted by Gasteiger charge is 2.39. The first-order valence-electron chi connectivity index (χ1n) is 12.3. The summed E-state index contributed by atoms with van der Waals surface area (Å²) in [7, 11) is 0. The van der Waals surface area contributed by atoms with Crippen molar-refractivity contribution in [3.63, 3.8) is 0 Å². The predicted octanol–water partition coefficient (Wildman–Crippen LogP) is 4.27.